The van der Waals surface area contributed by atoms with Crippen LogP contribution in [0.15, 0.2) is 12.4 Å². The van der Waals surface area contributed by atoms with E-state index in [1.807, 2.05) is 0 Å². The van der Waals surface area contributed by atoms with E-state index in [4.69, 9.17) is 0 Å². The van der Waals surface area contributed by atoms with Gasteiger partial charge < -0.3 is 4.90 Å². The highest BCUT2D eigenvalue weighted by Crippen LogP contribution is 2.01. The third-order valence-corrected chi connectivity index (χ3v) is 1.76. The fourth-order valence-electron chi connectivity index (χ4n) is 1.03. The first-order valence-electron chi connectivity index (χ1n) is 4.29. The van der Waals surface area contributed by atoms with E-state index in [-0.39, 0.29) is 0 Å². The second kappa shape index (κ2) is 4.23. The molecule has 3 nitrogen and oxygen atoms in total. The maximum atomic E-state index is 3.30. The molecule has 11 heavy (non-hydrogen) atoms. The molecule has 1 heterocycles. The van der Waals surface area contributed by atoms with Crippen LogP contribution in [-0.4, -0.2) is 29.7 Å². The predicted molar refractivity (Wildman–Crippen MR) is 46.5 cm³/mol. The van der Waals surface area contributed by atoms with Gasteiger partial charge in [0, 0.05) is 25.5 Å². The van der Waals surface area contributed by atoms with Crippen LogP contribution in [-0.2, 0) is 0 Å². The van der Waals surface area contributed by atoms with Crippen molar-refractivity contribution >= 4 is 0 Å². The second-order valence-corrected chi connectivity index (χ2v) is 2.72. The SMILES string of the molecule is CCCNN1C=CN(CC)C1. The normalized spacial score (nSPS) is 16.5. The van der Waals surface area contributed by atoms with Crippen LogP contribution >= 0.6 is 0 Å². The largest absolute Gasteiger partial charge is 0.358 e. The summed E-state index contributed by atoms with van der Waals surface area (Å²) in [5.41, 5.74) is 3.30. The Labute approximate surface area is 68.6 Å². The van der Waals surface area contributed by atoms with Crippen LogP contribution in [0.2, 0.25) is 0 Å². The molecule has 0 amide bonds. The molecule has 0 aromatic heterocycles. The molecule has 0 radical (unpaired) electrons. The Bertz CT molecular complexity index is 133. The summed E-state index contributed by atoms with van der Waals surface area (Å²) in [5, 5.41) is 2.12. The molecule has 64 valence electrons. The van der Waals surface area contributed by atoms with E-state index in [0.717, 1.165) is 19.8 Å². The zero-order valence-corrected chi connectivity index (χ0v) is 7.38. The summed E-state index contributed by atoms with van der Waals surface area (Å²) >= 11 is 0. The van der Waals surface area contributed by atoms with E-state index < -0.39 is 0 Å². The van der Waals surface area contributed by atoms with Crippen LogP contribution in [0, 0.1) is 0 Å². The topological polar surface area (TPSA) is 18.5 Å². The molecule has 1 aliphatic rings. The standard InChI is InChI=1S/C8H17N3/c1-3-5-9-11-7-6-10(4-2)8-11/h6-7,9H,3-5,8H2,1-2H3. The number of rotatable bonds is 4. The van der Waals surface area contributed by atoms with Crippen molar-refractivity contribution in [2.75, 3.05) is 19.8 Å². The lowest BCUT2D eigenvalue weighted by Gasteiger charge is -2.20. The first kappa shape index (κ1) is 8.40. The first-order valence-corrected chi connectivity index (χ1v) is 4.29. The van der Waals surface area contributed by atoms with Gasteiger partial charge in [0.25, 0.3) is 0 Å². The third-order valence-electron chi connectivity index (χ3n) is 1.76. The van der Waals surface area contributed by atoms with Crippen LogP contribution in [0.1, 0.15) is 20.3 Å². The lowest BCUT2D eigenvalue weighted by Crippen LogP contribution is -2.36. The van der Waals surface area contributed by atoms with Crippen molar-refractivity contribution in [1.82, 2.24) is 15.3 Å². The van der Waals surface area contributed by atoms with E-state index in [9.17, 15) is 0 Å². The summed E-state index contributed by atoms with van der Waals surface area (Å²) in [6, 6.07) is 0. The Morgan fingerprint density at radius 1 is 1.36 bits per heavy atom. The van der Waals surface area contributed by atoms with Crippen molar-refractivity contribution in [2.45, 2.75) is 20.3 Å². The molecule has 1 rings (SSSR count). The molecule has 0 unspecified atom stereocenters. The van der Waals surface area contributed by atoms with Gasteiger partial charge in [0.1, 0.15) is 6.67 Å². The fourth-order valence-corrected chi connectivity index (χ4v) is 1.03. The summed E-state index contributed by atoms with van der Waals surface area (Å²) < 4.78 is 0. The number of nitrogens with zero attached hydrogens (tertiary/aromatic N) is 2. The molecular formula is C8H17N3. The smallest absolute Gasteiger partial charge is 0.104 e. The van der Waals surface area contributed by atoms with Gasteiger partial charge in [-0.3, -0.25) is 5.01 Å². The van der Waals surface area contributed by atoms with Crippen LogP contribution in [0.4, 0.5) is 0 Å². The fraction of sp³-hybridized carbons (Fsp3) is 0.750. The molecular weight excluding hydrogens is 138 g/mol. The van der Waals surface area contributed by atoms with Gasteiger partial charge in [0.15, 0.2) is 0 Å². The summed E-state index contributed by atoms with van der Waals surface area (Å²) in [5.74, 6) is 0. The Morgan fingerprint density at radius 2 is 2.18 bits per heavy atom. The minimum Gasteiger partial charge on any atom is -0.358 e. The third kappa shape index (κ3) is 2.42. The van der Waals surface area contributed by atoms with Gasteiger partial charge in [0.2, 0.25) is 0 Å². The average Bonchev–Trinajstić information content (AvgIpc) is 2.48. The van der Waals surface area contributed by atoms with Crippen LogP contribution < -0.4 is 5.43 Å². The molecule has 0 spiro atoms. The van der Waals surface area contributed by atoms with Crippen molar-refractivity contribution in [3.63, 3.8) is 0 Å². The molecule has 0 aliphatic carbocycles. The molecule has 0 atom stereocenters. The molecule has 1 N–H and O–H groups in total. The van der Waals surface area contributed by atoms with Gasteiger partial charge >= 0.3 is 0 Å². The number of nitrogens with one attached hydrogen (secondary N) is 1. The molecule has 0 aromatic carbocycles. The average molecular weight is 155 g/mol. The molecule has 0 fully saturated rings. The van der Waals surface area contributed by atoms with Gasteiger partial charge in [0.05, 0.1) is 0 Å². The molecule has 0 saturated heterocycles. The van der Waals surface area contributed by atoms with Crippen molar-refractivity contribution in [3.05, 3.63) is 12.4 Å². The zero-order chi connectivity index (χ0) is 8.10. The van der Waals surface area contributed by atoms with E-state index in [1.165, 1.54) is 6.42 Å². The second-order valence-electron chi connectivity index (χ2n) is 2.72. The monoisotopic (exact) mass is 155 g/mol. The lowest BCUT2D eigenvalue weighted by atomic mass is 10.5. The predicted octanol–water partition coefficient (Wildman–Crippen LogP) is 0.967. The summed E-state index contributed by atoms with van der Waals surface area (Å²) in [7, 11) is 0. The van der Waals surface area contributed by atoms with Crippen molar-refractivity contribution in [3.8, 4) is 0 Å². The van der Waals surface area contributed by atoms with Crippen molar-refractivity contribution < 1.29 is 0 Å². The zero-order valence-electron chi connectivity index (χ0n) is 7.38. The molecule has 0 bridgehead atoms. The highest BCUT2D eigenvalue weighted by Gasteiger charge is 2.07. The number of hydrogen-bond acceptors (Lipinski definition) is 3. The van der Waals surface area contributed by atoms with E-state index >= 15 is 0 Å². The summed E-state index contributed by atoms with van der Waals surface area (Å²) in [4.78, 5) is 2.25. The van der Waals surface area contributed by atoms with Crippen molar-refractivity contribution in [2.24, 2.45) is 0 Å². The molecule has 0 aromatic rings. The maximum Gasteiger partial charge on any atom is 0.104 e. The van der Waals surface area contributed by atoms with Gasteiger partial charge in [-0.25, -0.2) is 5.43 Å². The quantitative estimate of drug-likeness (QED) is 0.652. The maximum absolute atomic E-state index is 3.30. The Hall–Kier alpha value is -0.700. The minimum absolute atomic E-state index is 0.983. The van der Waals surface area contributed by atoms with Crippen LogP contribution in [0.3, 0.4) is 0 Å². The van der Waals surface area contributed by atoms with Gasteiger partial charge in [-0.15, -0.1) is 0 Å². The molecule has 3 heteroatoms. The Kier molecular flexibility index (Phi) is 3.23. The molecule has 0 saturated carbocycles. The Morgan fingerprint density at radius 3 is 2.73 bits per heavy atom. The van der Waals surface area contributed by atoms with Crippen molar-refractivity contribution in [1.29, 1.82) is 0 Å². The van der Waals surface area contributed by atoms with Gasteiger partial charge in [-0.1, -0.05) is 6.92 Å². The van der Waals surface area contributed by atoms with E-state index in [2.05, 4.69) is 41.6 Å². The molecule has 1 aliphatic heterocycles. The van der Waals surface area contributed by atoms with E-state index in [1.54, 1.807) is 0 Å². The van der Waals surface area contributed by atoms with E-state index in [0.29, 0.717) is 0 Å². The van der Waals surface area contributed by atoms with Crippen LogP contribution in [0.5, 0.6) is 0 Å². The summed E-state index contributed by atoms with van der Waals surface area (Å²) in [6.07, 6.45) is 5.37. The minimum atomic E-state index is 0.983. The number of hydrogen-bond donors (Lipinski definition) is 1. The van der Waals surface area contributed by atoms with Crippen LogP contribution in [0.25, 0.3) is 0 Å². The first-order chi connectivity index (χ1) is 5.36. The highest BCUT2D eigenvalue weighted by molar-refractivity contribution is 4.87. The summed E-state index contributed by atoms with van der Waals surface area (Å²) in [6.45, 7) is 7.46. The lowest BCUT2D eigenvalue weighted by molar-refractivity contribution is 0.210. The van der Waals surface area contributed by atoms with Gasteiger partial charge in [-0.2, -0.15) is 0 Å². The number of hydrazine groups is 1. The van der Waals surface area contributed by atoms with Gasteiger partial charge in [-0.05, 0) is 13.3 Å². The highest BCUT2D eigenvalue weighted by atomic mass is 15.6. The Balaban J connectivity index is 2.15.